The molecule has 0 saturated carbocycles. The van der Waals surface area contributed by atoms with Gasteiger partial charge in [0.2, 0.25) is 0 Å². The summed E-state index contributed by atoms with van der Waals surface area (Å²) in [5, 5.41) is 0. The van der Waals surface area contributed by atoms with Crippen molar-refractivity contribution >= 4 is 5.91 Å². The fraction of sp³-hybridized carbons (Fsp3) is 0.500. The first kappa shape index (κ1) is 16.7. The molecule has 0 saturated heterocycles. The molecule has 1 aromatic heterocycles. The molecule has 4 nitrogen and oxygen atoms in total. The summed E-state index contributed by atoms with van der Waals surface area (Å²) in [6.07, 6.45) is 4.45. The van der Waals surface area contributed by atoms with Gasteiger partial charge in [-0.3, -0.25) is 4.79 Å². The van der Waals surface area contributed by atoms with Gasteiger partial charge in [-0.2, -0.15) is 0 Å². The van der Waals surface area contributed by atoms with Crippen molar-refractivity contribution in [2.75, 3.05) is 13.1 Å². The maximum atomic E-state index is 12.9. The normalized spacial score (nSPS) is 14.1. The molecule has 1 aromatic carbocycles. The van der Waals surface area contributed by atoms with Gasteiger partial charge in [-0.15, -0.1) is 0 Å². The number of nitrogens with zero attached hydrogens (tertiary/aromatic N) is 3. The van der Waals surface area contributed by atoms with E-state index in [1.165, 1.54) is 12.0 Å². The Morgan fingerprint density at radius 3 is 2.50 bits per heavy atom. The number of carbonyl (C=O) groups is 1. The standard InChI is InChI=1S/C20H27N3O/c1-4-22(5-2)20(24)18-17-9-7-6-8-14-23(17)19(21-18)16-12-10-15(3)11-13-16/h10-13H,4-9,14H2,1-3H3. The van der Waals surface area contributed by atoms with E-state index < -0.39 is 0 Å². The number of carbonyl (C=O) groups excluding carboxylic acids is 1. The predicted octanol–water partition coefficient (Wildman–Crippen LogP) is 4.07. The molecule has 0 radical (unpaired) electrons. The molecule has 1 amide bonds. The summed E-state index contributed by atoms with van der Waals surface area (Å²) in [6, 6.07) is 8.45. The molecule has 0 unspecified atom stereocenters. The number of fused-ring (bicyclic) bond motifs is 1. The van der Waals surface area contributed by atoms with Crippen LogP contribution < -0.4 is 0 Å². The predicted molar refractivity (Wildman–Crippen MR) is 97.2 cm³/mol. The first-order chi connectivity index (χ1) is 11.7. The fourth-order valence-corrected chi connectivity index (χ4v) is 3.47. The molecule has 24 heavy (non-hydrogen) atoms. The fourth-order valence-electron chi connectivity index (χ4n) is 3.47. The largest absolute Gasteiger partial charge is 0.338 e. The van der Waals surface area contributed by atoms with Crippen LogP contribution in [0, 0.1) is 6.92 Å². The van der Waals surface area contributed by atoms with E-state index >= 15 is 0 Å². The summed E-state index contributed by atoms with van der Waals surface area (Å²) >= 11 is 0. The number of aromatic nitrogens is 2. The Hall–Kier alpha value is -2.10. The number of rotatable bonds is 4. The minimum Gasteiger partial charge on any atom is -0.338 e. The molecule has 2 aromatic rings. The van der Waals surface area contributed by atoms with Crippen molar-refractivity contribution in [3.8, 4) is 11.4 Å². The molecule has 0 N–H and O–H groups in total. The van der Waals surface area contributed by atoms with Gasteiger partial charge < -0.3 is 9.47 Å². The minimum absolute atomic E-state index is 0.0732. The van der Waals surface area contributed by atoms with Crippen LogP contribution in [-0.2, 0) is 13.0 Å². The van der Waals surface area contributed by atoms with E-state index in [-0.39, 0.29) is 5.91 Å². The van der Waals surface area contributed by atoms with E-state index in [4.69, 9.17) is 4.98 Å². The summed E-state index contributed by atoms with van der Waals surface area (Å²) in [5.41, 5.74) is 4.12. The highest BCUT2D eigenvalue weighted by Gasteiger charge is 2.26. The zero-order valence-corrected chi connectivity index (χ0v) is 15.0. The van der Waals surface area contributed by atoms with Gasteiger partial charge in [0.15, 0.2) is 0 Å². The lowest BCUT2D eigenvalue weighted by atomic mass is 10.1. The minimum atomic E-state index is 0.0732. The van der Waals surface area contributed by atoms with Crippen LogP contribution >= 0.6 is 0 Å². The summed E-state index contributed by atoms with van der Waals surface area (Å²) in [6.45, 7) is 8.54. The Bertz CT molecular complexity index is 711. The van der Waals surface area contributed by atoms with Crippen LogP contribution in [0.15, 0.2) is 24.3 Å². The molecule has 0 atom stereocenters. The molecule has 0 bridgehead atoms. The van der Waals surface area contributed by atoms with E-state index in [0.717, 1.165) is 56.0 Å². The molecule has 2 heterocycles. The first-order valence-electron chi connectivity index (χ1n) is 9.11. The highest BCUT2D eigenvalue weighted by Crippen LogP contribution is 2.28. The Morgan fingerprint density at radius 1 is 1.12 bits per heavy atom. The van der Waals surface area contributed by atoms with Gasteiger partial charge in [-0.25, -0.2) is 4.98 Å². The van der Waals surface area contributed by atoms with Crippen molar-refractivity contribution in [3.05, 3.63) is 41.2 Å². The van der Waals surface area contributed by atoms with Crippen LogP contribution in [0.1, 0.15) is 54.9 Å². The van der Waals surface area contributed by atoms with Crippen molar-refractivity contribution in [2.45, 2.75) is 53.0 Å². The molecule has 4 heteroatoms. The van der Waals surface area contributed by atoms with Crippen molar-refractivity contribution in [1.29, 1.82) is 0 Å². The third-order valence-electron chi connectivity index (χ3n) is 4.93. The van der Waals surface area contributed by atoms with E-state index in [0.29, 0.717) is 5.69 Å². The maximum absolute atomic E-state index is 12.9. The zero-order valence-electron chi connectivity index (χ0n) is 15.0. The van der Waals surface area contributed by atoms with Crippen LogP contribution in [0.5, 0.6) is 0 Å². The summed E-state index contributed by atoms with van der Waals surface area (Å²) in [7, 11) is 0. The molecule has 1 aliphatic heterocycles. The SMILES string of the molecule is CCN(CC)C(=O)c1nc(-c2ccc(C)cc2)n2c1CCCCC2. The topological polar surface area (TPSA) is 38.1 Å². The van der Waals surface area contributed by atoms with E-state index in [9.17, 15) is 4.79 Å². The van der Waals surface area contributed by atoms with Crippen LogP contribution in [0.4, 0.5) is 0 Å². The average Bonchev–Trinajstić information content (AvgIpc) is 2.78. The third-order valence-corrected chi connectivity index (χ3v) is 4.93. The van der Waals surface area contributed by atoms with Gasteiger partial charge in [0.25, 0.3) is 5.91 Å². The second kappa shape index (κ2) is 7.20. The lowest BCUT2D eigenvalue weighted by Crippen LogP contribution is -2.31. The zero-order chi connectivity index (χ0) is 17.1. The molecule has 128 valence electrons. The molecule has 0 fully saturated rings. The van der Waals surface area contributed by atoms with Gasteiger partial charge >= 0.3 is 0 Å². The number of hydrogen-bond donors (Lipinski definition) is 0. The summed E-state index contributed by atoms with van der Waals surface area (Å²) < 4.78 is 2.29. The number of benzene rings is 1. The molecule has 0 aliphatic carbocycles. The number of amides is 1. The van der Waals surface area contributed by atoms with Crippen LogP contribution in [0.2, 0.25) is 0 Å². The van der Waals surface area contributed by atoms with Crippen LogP contribution in [0.3, 0.4) is 0 Å². The second-order valence-electron chi connectivity index (χ2n) is 6.54. The molecular weight excluding hydrogens is 298 g/mol. The van der Waals surface area contributed by atoms with Gasteiger partial charge in [0.1, 0.15) is 11.5 Å². The van der Waals surface area contributed by atoms with Crippen molar-refractivity contribution < 1.29 is 4.79 Å². The van der Waals surface area contributed by atoms with Gasteiger partial charge in [0, 0.05) is 25.2 Å². The second-order valence-corrected chi connectivity index (χ2v) is 6.54. The monoisotopic (exact) mass is 325 g/mol. The molecule has 3 rings (SSSR count). The maximum Gasteiger partial charge on any atom is 0.274 e. The van der Waals surface area contributed by atoms with E-state index in [2.05, 4.69) is 35.8 Å². The van der Waals surface area contributed by atoms with Crippen molar-refractivity contribution in [2.24, 2.45) is 0 Å². The quantitative estimate of drug-likeness (QED) is 0.850. The molecule has 1 aliphatic rings. The Balaban J connectivity index is 2.10. The van der Waals surface area contributed by atoms with Gasteiger partial charge in [-0.1, -0.05) is 36.2 Å². The van der Waals surface area contributed by atoms with Crippen molar-refractivity contribution in [1.82, 2.24) is 14.5 Å². The highest BCUT2D eigenvalue weighted by molar-refractivity contribution is 5.94. The third kappa shape index (κ3) is 3.10. The lowest BCUT2D eigenvalue weighted by Gasteiger charge is -2.18. The summed E-state index contributed by atoms with van der Waals surface area (Å²) in [4.78, 5) is 19.6. The lowest BCUT2D eigenvalue weighted by molar-refractivity contribution is 0.0766. The first-order valence-corrected chi connectivity index (χ1v) is 9.11. The average molecular weight is 325 g/mol. The highest BCUT2D eigenvalue weighted by atomic mass is 16.2. The smallest absolute Gasteiger partial charge is 0.274 e. The van der Waals surface area contributed by atoms with E-state index in [1.807, 2.05) is 18.7 Å². The summed E-state index contributed by atoms with van der Waals surface area (Å²) in [5.74, 6) is 1.02. The molecule has 0 spiro atoms. The van der Waals surface area contributed by atoms with Crippen LogP contribution in [-0.4, -0.2) is 33.4 Å². The number of imidazole rings is 1. The molecular formula is C20H27N3O. The van der Waals surface area contributed by atoms with E-state index in [1.54, 1.807) is 0 Å². The Labute approximate surface area is 144 Å². The Kier molecular flexibility index (Phi) is 5.03. The van der Waals surface area contributed by atoms with Gasteiger partial charge in [0.05, 0.1) is 5.69 Å². The van der Waals surface area contributed by atoms with Gasteiger partial charge in [-0.05, 0) is 40.0 Å². The Morgan fingerprint density at radius 2 is 1.83 bits per heavy atom. The number of hydrogen-bond acceptors (Lipinski definition) is 2. The van der Waals surface area contributed by atoms with Crippen LogP contribution in [0.25, 0.3) is 11.4 Å². The van der Waals surface area contributed by atoms with Crippen molar-refractivity contribution in [3.63, 3.8) is 0 Å². The number of aryl methyl sites for hydroxylation is 1.